The molecule has 0 spiro atoms. The van der Waals surface area contributed by atoms with Crippen LogP contribution in [0.5, 0.6) is 11.5 Å². The number of carbonyl (C=O) groups is 1. The molecule has 0 radical (unpaired) electrons. The van der Waals surface area contributed by atoms with Crippen molar-refractivity contribution in [2.24, 2.45) is 0 Å². The van der Waals surface area contributed by atoms with Gasteiger partial charge in [-0.15, -0.1) is 0 Å². The van der Waals surface area contributed by atoms with Crippen LogP contribution in [0.2, 0.25) is 0 Å². The lowest BCUT2D eigenvalue weighted by molar-refractivity contribution is -0.384. The number of anilines is 1. The molecule has 0 unspecified atom stereocenters. The summed E-state index contributed by atoms with van der Waals surface area (Å²) in [7, 11) is 0. The van der Waals surface area contributed by atoms with Crippen LogP contribution in [0.25, 0.3) is 0 Å². The average molecular weight is 413 g/mol. The normalized spacial score (nSPS) is 14.0. The molecule has 2 N–H and O–H groups in total. The Bertz CT molecular complexity index is 927. The predicted molar refractivity (Wildman–Crippen MR) is 114 cm³/mol. The number of carbonyl (C=O) groups excluding carboxylic acids is 1. The molecule has 0 heterocycles. The summed E-state index contributed by atoms with van der Waals surface area (Å²) in [5.41, 5.74) is 1.43. The van der Waals surface area contributed by atoms with Gasteiger partial charge in [-0.1, -0.05) is 6.07 Å². The number of nitrogens with one attached hydrogen (secondary N) is 2. The van der Waals surface area contributed by atoms with Gasteiger partial charge in [-0.05, 0) is 63.4 Å². The third-order valence-electron chi connectivity index (χ3n) is 4.81. The first-order valence-electron chi connectivity index (χ1n) is 10.2. The highest BCUT2D eigenvalue weighted by Crippen LogP contribution is 2.33. The van der Waals surface area contributed by atoms with E-state index in [1.165, 1.54) is 6.07 Å². The Hall–Kier alpha value is -3.29. The molecule has 1 atom stereocenters. The molecule has 1 saturated carbocycles. The highest BCUT2D eigenvalue weighted by atomic mass is 16.6. The van der Waals surface area contributed by atoms with Gasteiger partial charge in [0.2, 0.25) is 0 Å². The Kier molecular flexibility index (Phi) is 6.76. The number of nitro benzene ring substituents is 1. The molecule has 0 saturated heterocycles. The fraction of sp³-hybridized carbons (Fsp3) is 0.409. The van der Waals surface area contributed by atoms with E-state index in [0.29, 0.717) is 30.4 Å². The van der Waals surface area contributed by atoms with Crippen LogP contribution in [0.4, 0.5) is 11.4 Å². The maximum atomic E-state index is 12.7. The Morgan fingerprint density at radius 2 is 1.83 bits per heavy atom. The Morgan fingerprint density at radius 3 is 2.47 bits per heavy atom. The van der Waals surface area contributed by atoms with Gasteiger partial charge in [0.05, 0.1) is 24.2 Å². The van der Waals surface area contributed by atoms with Crippen LogP contribution in [-0.4, -0.2) is 30.1 Å². The van der Waals surface area contributed by atoms with Gasteiger partial charge >= 0.3 is 0 Å². The van der Waals surface area contributed by atoms with Gasteiger partial charge in [-0.3, -0.25) is 14.9 Å². The molecule has 2 aromatic carbocycles. The minimum absolute atomic E-state index is 0.0955. The summed E-state index contributed by atoms with van der Waals surface area (Å²) in [6.07, 6.45) is 2.01. The van der Waals surface area contributed by atoms with E-state index in [1.807, 2.05) is 39.0 Å². The summed E-state index contributed by atoms with van der Waals surface area (Å²) in [6.45, 7) is 6.66. The second-order valence-corrected chi connectivity index (χ2v) is 7.17. The third-order valence-corrected chi connectivity index (χ3v) is 4.81. The minimum Gasteiger partial charge on any atom is -0.490 e. The quantitative estimate of drug-likeness (QED) is 0.440. The topological polar surface area (TPSA) is 103 Å². The lowest BCUT2D eigenvalue weighted by Gasteiger charge is -2.18. The van der Waals surface area contributed by atoms with E-state index in [1.54, 1.807) is 12.1 Å². The molecule has 3 rings (SSSR count). The molecule has 8 heteroatoms. The van der Waals surface area contributed by atoms with Crippen LogP contribution in [0, 0.1) is 10.1 Å². The second-order valence-electron chi connectivity index (χ2n) is 7.17. The van der Waals surface area contributed by atoms with E-state index in [4.69, 9.17) is 9.47 Å². The van der Waals surface area contributed by atoms with Gasteiger partial charge in [0, 0.05) is 17.7 Å². The number of hydrogen-bond donors (Lipinski definition) is 2. The van der Waals surface area contributed by atoms with Gasteiger partial charge in [0.15, 0.2) is 11.5 Å². The van der Waals surface area contributed by atoms with Crippen molar-refractivity contribution < 1.29 is 19.2 Å². The van der Waals surface area contributed by atoms with Crippen LogP contribution < -0.4 is 20.1 Å². The number of ether oxygens (including phenoxy) is 2. The molecule has 1 aliphatic rings. The fourth-order valence-corrected chi connectivity index (χ4v) is 3.09. The van der Waals surface area contributed by atoms with E-state index < -0.39 is 4.92 Å². The molecule has 1 fully saturated rings. The van der Waals surface area contributed by atoms with Crippen molar-refractivity contribution in [1.29, 1.82) is 0 Å². The molecule has 30 heavy (non-hydrogen) atoms. The molecular formula is C22H27N3O5. The Labute approximate surface area is 175 Å². The van der Waals surface area contributed by atoms with Crippen LogP contribution in [-0.2, 0) is 0 Å². The van der Waals surface area contributed by atoms with Crippen LogP contribution in [0.1, 0.15) is 55.6 Å². The standard InChI is InChI=1S/C22H27N3O5/c1-4-29-20-11-7-15(13-21(20)30-5-2)14(3)23-22(26)16-6-10-18(24-17-8-9-17)19(12-16)25(27)28/h6-7,10-14,17,24H,4-5,8-9H2,1-3H3,(H,23,26)/t14-/m1/s1. The molecule has 0 aliphatic heterocycles. The molecular weight excluding hydrogens is 386 g/mol. The number of benzene rings is 2. The van der Waals surface area contributed by atoms with Crippen LogP contribution >= 0.6 is 0 Å². The lowest BCUT2D eigenvalue weighted by atomic mass is 10.1. The van der Waals surface area contributed by atoms with Gasteiger partial charge in [0.25, 0.3) is 11.6 Å². The van der Waals surface area contributed by atoms with E-state index in [0.717, 1.165) is 18.4 Å². The maximum Gasteiger partial charge on any atom is 0.293 e. The van der Waals surface area contributed by atoms with Crippen molar-refractivity contribution in [1.82, 2.24) is 5.32 Å². The zero-order valence-electron chi connectivity index (χ0n) is 17.4. The van der Waals surface area contributed by atoms with E-state index in [2.05, 4.69) is 10.6 Å². The third kappa shape index (κ3) is 5.20. The van der Waals surface area contributed by atoms with Crippen molar-refractivity contribution >= 4 is 17.3 Å². The van der Waals surface area contributed by atoms with Crippen molar-refractivity contribution in [3.05, 3.63) is 57.6 Å². The summed E-state index contributed by atoms with van der Waals surface area (Å²) >= 11 is 0. The van der Waals surface area contributed by atoms with Gasteiger partial charge < -0.3 is 20.1 Å². The second kappa shape index (κ2) is 9.47. The molecule has 160 valence electrons. The molecule has 8 nitrogen and oxygen atoms in total. The molecule has 1 aliphatic carbocycles. The molecule has 0 bridgehead atoms. The zero-order valence-corrected chi connectivity index (χ0v) is 17.4. The largest absolute Gasteiger partial charge is 0.490 e. The van der Waals surface area contributed by atoms with Crippen molar-refractivity contribution in [3.63, 3.8) is 0 Å². The monoisotopic (exact) mass is 413 g/mol. The minimum atomic E-state index is -0.467. The first-order chi connectivity index (χ1) is 14.4. The van der Waals surface area contributed by atoms with Crippen molar-refractivity contribution in [2.45, 2.75) is 45.7 Å². The lowest BCUT2D eigenvalue weighted by Crippen LogP contribution is -2.26. The summed E-state index contributed by atoms with van der Waals surface area (Å²) in [6, 6.07) is 9.99. The predicted octanol–water partition coefficient (Wildman–Crippen LogP) is 4.46. The average Bonchev–Trinajstić information content (AvgIpc) is 3.53. The number of hydrogen-bond acceptors (Lipinski definition) is 6. The van der Waals surface area contributed by atoms with Gasteiger partial charge in [0.1, 0.15) is 5.69 Å². The van der Waals surface area contributed by atoms with Crippen LogP contribution in [0.15, 0.2) is 36.4 Å². The summed E-state index contributed by atoms with van der Waals surface area (Å²) < 4.78 is 11.2. The summed E-state index contributed by atoms with van der Waals surface area (Å²) in [5.74, 6) is 0.885. The van der Waals surface area contributed by atoms with E-state index in [9.17, 15) is 14.9 Å². The molecule has 0 aromatic heterocycles. The number of amides is 1. The zero-order chi connectivity index (χ0) is 21.7. The van der Waals surface area contributed by atoms with Gasteiger partial charge in [-0.2, -0.15) is 0 Å². The Morgan fingerprint density at radius 1 is 1.13 bits per heavy atom. The van der Waals surface area contributed by atoms with Crippen molar-refractivity contribution in [3.8, 4) is 11.5 Å². The van der Waals surface area contributed by atoms with E-state index >= 15 is 0 Å². The number of rotatable bonds is 10. The smallest absolute Gasteiger partial charge is 0.293 e. The summed E-state index contributed by atoms with van der Waals surface area (Å²) in [5, 5.41) is 17.5. The molecule has 1 amide bonds. The maximum absolute atomic E-state index is 12.7. The Balaban J connectivity index is 1.75. The first kappa shape index (κ1) is 21.4. The molecule has 2 aromatic rings. The summed E-state index contributed by atoms with van der Waals surface area (Å²) in [4.78, 5) is 23.7. The highest BCUT2D eigenvalue weighted by Gasteiger charge is 2.26. The van der Waals surface area contributed by atoms with Gasteiger partial charge in [-0.25, -0.2) is 0 Å². The van der Waals surface area contributed by atoms with Crippen LogP contribution in [0.3, 0.4) is 0 Å². The highest BCUT2D eigenvalue weighted by molar-refractivity contribution is 5.96. The van der Waals surface area contributed by atoms with Crippen molar-refractivity contribution in [2.75, 3.05) is 18.5 Å². The number of nitro groups is 1. The fourth-order valence-electron chi connectivity index (χ4n) is 3.09. The SMILES string of the molecule is CCOc1ccc([C@@H](C)NC(=O)c2ccc(NC3CC3)c([N+](=O)[O-])c2)cc1OCC. The number of nitrogens with zero attached hydrogens (tertiary/aromatic N) is 1. The van der Waals surface area contributed by atoms with E-state index in [-0.39, 0.29) is 29.2 Å². The first-order valence-corrected chi connectivity index (χ1v) is 10.2.